The molecule has 3 unspecified atom stereocenters. The van der Waals surface area contributed by atoms with Crippen LogP contribution in [0.1, 0.15) is 33.1 Å². The van der Waals surface area contributed by atoms with Crippen molar-refractivity contribution in [3.05, 3.63) is 0 Å². The predicted octanol–water partition coefficient (Wildman–Crippen LogP) is 1.90. The molecule has 3 rings (SSSR count). The molecule has 2 saturated heterocycles. The minimum Gasteiger partial charge on any atom is -0.385 e. The van der Waals surface area contributed by atoms with Crippen LogP contribution in [-0.4, -0.2) is 47.1 Å². The molecule has 3 aliphatic rings. The van der Waals surface area contributed by atoms with Crippen LogP contribution in [0.5, 0.6) is 0 Å². The summed E-state index contributed by atoms with van der Waals surface area (Å²) in [5, 5.41) is 19.8. The van der Waals surface area contributed by atoms with E-state index in [1.807, 2.05) is 0 Å². The molecule has 1 spiro atoms. The molecule has 116 valence electrons. The van der Waals surface area contributed by atoms with Gasteiger partial charge in [0.05, 0.1) is 19.8 Å². The lowest BCUT2D eigenvalue weighted by atomic mass is 9.66. The van der Waals surface area contributed by atoms with E-state index in [0.717, 1.165) is 12.8 Å². The zero-order valence-corrected chi connectivity index (χ0v) is 13.7. The minimum atomic E-state index is -1.32. The van der Waals surface area contributed by atoms with Crippen LogP contribution in [-0.2, 0) is 18.1 Å². The Labute approximate surface area is 122 Å². The molecule has 0 radical (unpaired) electrons. The molecule has 0 bridgehead atoms. The van der Waals surface area contributed by atoms with Gasteiger partial charge in [-0.3, -0.25) is 0 Å². The summed E-state index contributed by atoms with van der Waals surface area (Å²) in [5.41, 5.74) is -1.26. The first-order chi connectivity index (χ1) is 9.36. The summed E-state index contributed by atoms with van der Waals surface area (Å²) in [6, 6.07) is 0. The van der Waals surface area contributed by atoms with Crippen LogP contribution in [0.2, 0.25) is 0 Å². The van der Waals surface area contributed by atoms with E-state index < -0.39 is 19.3 Å². The van der Waals surface area contributed by atoms with E-state index in [1.54, 1.807) is 13.8 Å². The second-order valence-electron chi connectivity index (χ2n) is 6.49. The van der Waals surface area contributed by atoms with E-state index >= 15 is 0 Å². The number of fused-ring (bicyclic) bond motifs is 2. The SMILES string of the molecule is CC(C)(O)P1OCC2(CCCC3(O)COPOC32)CO1. The average molecular weight is 324 g/mol. The fourth-order valence-electron chi connectivity index (χ4n) is 3.26. The highest BCUT2D eigenvalue weighted by atomic mass is 31.2. The van der Waals surface area contributed by atoms with Gasteiger partial charge in [0.1, 0.15) is 17.0 Å². The van der Waals surface area contributed by atoms with Crippen molar-refractivity contribution in [3.63, 3.8) is 0 Å². The lowest BCUT2D eigenvalue weighted by Crippen LogP contribution is -2.63. The summed E-state index contributed by atoms with van der Waals surface area (Å²) in [4.78, 5) is 0. The maximum Gasteiger partial charge on any atom is 0.204 e. The molecule has 20 heavy (non-hydrogen) atoms. The van der Waals surface area contributed by atoms with Gasteiger partial charge in [0.15, 0.2) is 9.03 Å². The standard InChI is InChI=1S/C12H22O6P2/c1-10(2,13)20-16-6-11(7-17-20)4-3-5-12(14)8-15-19-18-9(11)12/h9,13-14,19H,3-8H2,1-2H3. The van der Waals surface area contributed by atoms with Gasteiger partial charge in [-0.25, -0.2) is 0 Å². The Kier molecular flexibility index (Phi) is 4.16. The van der Waals surface area contributed by atoms with Gasteiger partial charge in [-0.1, -0.05) is 0 Å². The lowest BCUT2D eigenvalue weighted by molar-refractivity contribution is -0.204. The number of hydrogen-bond donors (Lipinski definition) is 2. The van der Waals surface area contributed by atoms with Crippen LogP contribution in [0.25, 0.3) is 0 Å². The molecule has 2 heterocycles. The van der Waals surface area contributed by atoms with Crippen LogP contribution in [0.4, 0.5) is 0 Å². The second-order valence-corrected chi connectivity index (χ2v) is 9.30. The van der Waals surface area contributed by atoms with Crippen molar-refractivity contribution >= 4 is 17.4 Å². The molecule has 0 amide bonds. The monoisotopic (exact) mass is 324 g/mol. The van der Waals surface area contributed by atoms with Gasteiger partial charge in [0.25, 0.3) is 0 Å². The van der Waals surface area contributed by atoms with E-state index in [1.165, 1.54) is 0 Å². The Morgan fingerprint density at radius 1 is 1.20 bits per heavy atom. The zero-order chi connectivity index (χ0) is 14.4. The number of rotatable bonds is 1. The van der Waals surface area contributed by atoms with Gasteiger partial charge >= 0.3 is 0 Å². The molecule has 1 aliphatic carbocycles. The van der Waals surface area contributed by atoms with Crippen molar-refractivity contribution in [2.45, 2.75) is 50.2 Å². The van der Waals surface area contributed by atoms with Crippen molar-refractivity contribution in [2.24, 2.45) is 5.41 Å². The first kappa shape index (κ1) is 15.5. The number of aliphatic hydroxyl groups is 2. The van der Waals surface area contributed by atoms with E-state index in [2.05, 4.69) is 0 Å². The minimum absolute atomic E-state index is 0.0415. The first-order valence-corrected chi connectivity index (χ1v) is 8.89. The van der Waals surface area contributed by atoms with Crippen LogP contribution in [0, 0.1) is 5.41 Å². The molecule has 3 atom stereocenters. The highest BCUT2D eigenvalue weighted by Gasteiger charge is 2.58. The summed E-state index contributed by atoms with van der Waals surface area (Å²) in [7, 11) is -1.36. The molecule has 0 aromatic heterocycles. The molecule has 2 aliphatic heterocycles. The summed E-state index contributed by atoms with van der Waals surface area (Å²) in [6.45, 7) is 4.62. The lowest BCUT2D eigenvalue weighted by Gasteiger charge is -2.55. The molecule has 1 saturated carbocycles. The topological polar surface area (TPSA) is 77.4 Å². The van der Waals surface area contributed by atoms with E-state index in [4.69, 9.17) is 18.1 Å². The normalized spacial score (nSPS) is 47.4. The van der Waals surface area contributed by atoms with E-state index in [-0.39, 0.29) is 20.6 Å². The largest absolute Gasteiger partial charge is 0.385 e. The highest BCUT2D eigenvalue weighted by molar-refractivity contribution is 7.48. The molecule has 0 aromatic carbocycles. The molecular weight excluding hydrogens is 302 g/mol. The molecule has 8 heteroatoms. The fraction of sp³-hybridized carbons (Fsp3) is 1.00. The second kappa shape index (κ2) is 5.36. The van der Waals surface area contributed by atoms with Crippen LogP contribution in [0.3, 0.4) is 0 Å². The van der Waals surface area contributed by atoms with Crippen molar-refractivity contribution in [1.29, 1.82) is 0 Å². The molecule has 0 aromatic rings. The summed E-state index contributed by atoms with van der Waals surface area (Å²) in [6.07, 6.45) is 2.18. The van der Waals surface area contributed by atoms with Crippen molar-refractivity contribution in [1.82, 2.24) is 0 Å². The van der Waals surface area contributed by atoms with Gasteiger partial charge < -0.3 is 28.3 Å². The number of hydrogen-bond acceptors (Lipinski definition) is 6. The van der Waals surface area contributed by atoms with Gasteiger partial charge in [-0.15, -0.1) is 0 Å². The fourth-order valence-corrected chi connectivity index (χ4v) is 5.66. The van der Waals surface area contributed by atoms with Crippen molar-refractivity contribution in [2.75, 3.05) is 19.8 Å². The summed E-state index contributed by atoms with van der Waals surface area (Å²) in [5.74, 6) is 0. The van der Waals surface area contributed by atoms with E-state index in [9.17, 15) is 10.2 Å². The maximum absolute atomic E-state index is 10.7. The van der Waals surface area contributed by atoms with Crippen LogP contribution < -0.4 is 0 Å². The van der Waals surface area contributed by atoms with E-state index in [0.29, 0.717) is 26.2 Å². The molecular formula is C12H22O6P2. The van der Waals surface area contributed by atoms with Gasteiger partial charge in [-0.05, 0) is 33.1 Å². The van der Waals surface area contributed by atoms with Crippen molar-refractivity contribution < 1.29 is 28.3 Å². The Morgan fingerprint density at radius 3 is 2.55 bits per heavy atom. The zero-order valence-electron chi connectivity index (χ0n) is 11.8. The van der Waals surface area contributed by atoms with Crippen LogP contribution in [0.15, 0.2) is 0 Å². The van der Waals surface area contributed by atoms with Crippen molar-refractivity contribution in [3.8, 4) is 0 Å². The Bertz CT molecular complexity index is 361. The molecule has 6 nitrogen and oxygen atoms in total. The van der Waals surface area contributed by atoms with Gasteiger partial charge in [0.2, 0.25) is 8.38 Å². The third kappa shape index (κ3) is 2.66. The third-order valence-corrected chi connectivity index (χ3v) is 6.48. The predicted molar refractivity (Wildman–Crippen MR) is 75.5 cm³/mol. The Hall–Kier alpha value is 0.620. The van der Waals surface area contributed by atoms with Gasteiger partial charge in [0, 0.05) is 5.41 Å². The average Bonchev–Trinajstić information content (AvgIpc) is 2.38. The van der Waals surface area contributed by atoms with Crippen LogP contribution >= 0.6 is 17.4 Å². The summed E-state index contributed by atoms with van der Waals surface area (Å²) < 4.78 is 22.6. The molecule has 3 fully saturated rings. The molecule has 2 N–H and O–H groups in total. The van der Waals surface area contributed by atoms with Gasteiger partial charge in [-0.2, -0.15) is 0 Å². The Morgan fingerprint density at radius 2 is 1.90 bits per heavy atom. The summed E-state index contributed by atoms with van der Waals surface area (Å²) >= 11 is 0. The highest BCUT2D eigenvalue weighted by Crippen LogP contribution is 2.59. The third-order valence-electron chi connectivity index (χ3n) is 4.26. The quantitative estimate of drug-likeness (QED) is 0.718. The smallest absolute Gasteiger partial charge is 0.204 e. The first-order valence-electron chi connectivity index (χ1n) is 6.89. The maximum atomic E-state index is 10.7. The Balaban J connectivity index is 1.76.